The number of amides is 2. The van der Waals surface area contributed by atoms with Gasteiger partial charge in [-0.25, -0.2) is 9.59 Å². The van der Waals surface area contributed by atoms with Crippen LogP contribution in [0.15, 0.2) is 59.5 Å². The highest BCUT2D eigenvalue weighted by molar-refractivity contribution is 9.09. The van der Waals surface area contributed by atoms with Crippen LogP contribution in [0.1, 0.15) is 50.4 Å². The third kappa shape index (κ3) is 16.7. The van der Waals surface area contributed by atoms with Crippen molar-refractivity contribution in [3.63, 3.8) is 0 Å². The molecule has 1 aromatic rings. The Balaban J connectivity index is 1.23. The van der Waals surface area contributed by atoms with Gasteiger partial charge in [0.2, 0.25) is 5.78 Å². The van der Waals surface area contributed by atoms with E-state index >= 15 is 4.79 Å². The van der Waals surface area contributed by atoms with Crippen LogP contribution >= 0.6 is 43.2 Å². The minimum Gasteiger partial charge on any atom is -0.493 e. The van der Waals surface area contributed by atoms with Crippen molar-refractivity contribution in [2.24, 2.45) is 0 Å². The van der Waals surface area contributed by atoms with Gasteiger partial charge in [0.15, 0.2) is 60.2 Å². The summed E-state index contributed by atoms with van der Waals surface area (Å²) in [5, 5.41) is 56.5. The van der Waals surface area contributed by atoms with Crippen molar-refractivity contribution in [1.82, 2.24) is 16.1 Å². The summed E-state index contributed by atoms with van der Waals surface area (Å²) in [6.45, 7) is 8.65. The van der Waals surface area contributed by atoms with E-state index in [1.807, 2.05) is 19.4 Å². The highest BCUT2D eigenvalue weighted by Gasteiger charge is 2.57. The molecule has 7 rings (SSSR count). The zero-order valence-electron chi connectivity index (χ0n) is 49.8. The number of benzene rings is 1. The number of aliphatic hydroxyl groups excluding tert-OH is 3. The molecule has 0 spiro atoms. The van der Waals surface area contributed by atoms with Gasteiger partial charge in [0.25, 0.3) is 5.91 Å². The van der Waals surface area contributed by atoms with Gasteiger partial charge in [-0.2, -0.15) is 17.2 Å². The van der Waals surface area contributed by atoms with Gasteiger partial charge < -0.3 is 92.6 Å². The van der Waals surface area contributed by atoms with E-state index in [4.69, 9.17) is 66.4 Å². The summed E-state index contributed by atoms with van der Waals surface area (Å²) in [6.07, 6.45) is -11.6. The second kappa shape index (κ2) is 32.4. The number of esters is 1. The Labute approximate surface area is 520 Å². The molecule has 0 saturated carbocycles. The van der Waals surface area contributed by atoms with Crippen LogP contribution in [0.5, 0.6) is 11.5 Å². The maximum atomic E-state index is 15.5. The number of hydrogen-bond donors (Lipinski definition) is 8. The number of fused-ring (bicyclic) bond motifs is 2. The molecule has 6 aliphatic rings. The van der Waals surface area contributed by atoms with Crippen LogP contribution in [0.3, 0.4) is 0 Å². The molecule has 4 heterocycles. The minimum absolute atomic E-state index is 0.0771. The summed E-state index contributed by atoms with van der Waals surface area (Å²) < 4.78 is 77.4. The third-order valence-electron chi connectivity index (χ3n) is 15.0. The normalized spacial score (nSPS) is 34.9. The lowest BCUT2D eigenvalue weighted by molar-refractivity contribution is -0.336. The smallest absolute Gasteiger partial charge is 0.411 e. The van der Waals surface area contributed by atoms with Crippen molar-refractivity contribution >= 4 is 72.6 Å². The maximum Gasteiger partial charge on any atom is 0.411 e. The Morgan fingerprint density at radius 1 is 0.851 bits per heavy atom. The zero-order valence-corrected chi connectivity index (χ0v) is 53.1. The second-order valence-corrected chi connectivity index (χ2v) is 25.8. The summed E-state index contributed by atoms with van der Waals surface area (Å²) in [6, 6.07) is 1.34. The number of Topliss-reactive ketones (excluding diaryl/α,β-unsaturated/α-hetero) is 1. The lowest BCUT2D eigenvalue weighted by atomic mass is 9.73. The SMILES string of the molecule is C=C(OC)C(=O)Nc1cc(OC)c(OC)cc1C(=O)O[C@@H]1[C@H](C)O[C@@H](O[C@H]2C(=O)C(NC(=O)OC)=C3/C(=C/CSSSC)[C@]2(O)C#C/C=C\C#C[C@@H]3O[C@H]2O[C@@H](C)[C@H](NO[C@@H]3C[C@@H](O)[C@@H](SC)[C@H](C)O3)[C@@H](O)[C@@H]2O[C@H]2C[C@H](OC)[C@@H](NC)CO2)C[C@@H]1O. The average Bonchev–Trinajstić information content (AvgIpc) is 0.873. The Hall–Kier alpha value is -4.62. The summed E-state index contributed by atoms with van der Waals surface area (Å²) in [5.74, 6) is 8.68. The monoisotopic (exact) mass is 1300 g/mol. The van der Waals surface area contributed by atoms with E-state index < -0.39 is 134 Å². The van der Waals surface area contributed by atoms with Gasteiger partial charge in [0.05, 0.1) is 106 Å². The number of likely N-dealkylation sites (N-methyl/N-ethyl adjacent to an activating group) is 1. The number of allylic oxidation sites excluding steroid dienone is 2. The van der Waals surface area contributed by atoms with Crippen molar-refractivity contribution in [3.05, 3.63) is 65.1 Å². The number of ketones is 1. The number of anilines is 1. The number of ether oxygens (including phenoxy) is 13. The van der Waals surface area contributed by atoms with Crippen molar-refractivity contribution in [3.8, 4) is 35.2 Å². The fourth-order valence-electron chi connectivity index (χ4n) is 10.5. The number of carbonyl (C=O) groups excluding carboxylic acids is 4. The molecule has 2 bridgehead atoms. The molecule has 8 N–H and O–H groups in total. The van der Waals surface area contributed by atoms with Crippen LogP contribution in [0, 0.1) is 23.7 Å². The van der Waals surface area contributed by atoms with Gasteiger partial charge in [0, 0.05) is 55.4 Å². The van der Waals surface area contributed by atoms with Gasteiger partial charge >= 0.3 is 12.1 Å². The molecule has 4 aliphatic heterocycles. The first-order valence-electron chi connectivity index (χ1n) is 27.5. The number of carbonyl (C=O) groups is 4. The standard InChI is InChI=1S/C57H76N4O22S4/c1-27-45(61-83-43-24-36(63)51(84-11)29(3)77-43)47(64)50(80-41-25-38(71-7)34(58-5)26-75-41)55(78-27)79-37-17-15-13-14-16-19-57(69)32(18-20-86-87-85-12)44(37)46(60-56(68)74-10)48(65)52(57)81-42-23-35(62)49(28(2)76-42)82-54(67)31-21-39(72-8)40(73-9)22-33(31)59-53(66)30(4)70-6/h13-14,18,21-22,27-29,34-38,41-43,45,47,49-52,55,58,61-64,69H,4,20,23-26H2,1-3,5-12H3,(H,59,66)(H,60,68)/b14-13-,32-18-/t27-,28-,29-,34-,35-,36+,37-,38-,41-,42-,43+,45-,47+,49+,50-,51-,52-,55+,57+/m0/s1. The summed E-state index contributed by atoms with van der Waals surface area (Å²) >= 11 is 1.47. The van der Waals surface area contributed by atoms with E-state index in [9.17, 15) is 34.8 Å². The summed E-state index contributed by atoms with van der Waals surface area (Å²) in [7, 11) is 12.5. The largest absolute Gasteiger partial charge is 0.493 e. The molecule has 30 heteroatoms. The van der Waals surface area contributed by atoms with E-state index in [0.717, 1.165) is 7.11 Å². The van der Waals surface area contributed by atoms with Gasteiger partial charge in [-0.3, -0.25) is 19.7 Å². The molecular weight excluding hydrogens is 1220 g/mol. The number of thioether (sulfide) groups is 1. The maximum absolute atomic E-state index is 15.5. The van der Waals surface area contributed by atoms with Crippen LogP contribution < -0.4 is 30.9 Å². The van der Waals surface area contributed by atoms with E-state index in [2.05, 4.69) is 51.7 Å². The molecule has 19 atom stereocenters. The van der Waals surface area contributed by atoms with E-state index in [1.54, 1.807) is 27.2 Å². The molecule has 87 heavy (non-hydrogen) atoms. The topological polar surface area (TPSA) is 327 Å². The number of hydrogen-bond acceptors (Lipinski definition) is 28. The van der Waals surface area contributed by atoms with Crippen LogP contribution in [0.25, 0.3) is 0 Å². The Kier molecular flexibility index (Phi) is 26.0. The molecule has 2 aliphatic carbocycles. The molecule has 0 unspecified atom stereocenters. The minimum atomic E-state index is -2.63. The molecule has 480 valence electrons. The van der Waals surface area contributed by atoms with Crippen molar-refractivity contribution < 1.29 is 106 Å². The Morgan fingerprint density at radius 2 is 1.56 bits per heavy atom. The fraction of sp³-hybridized carbons (Fsp3) is 0.614. The molecule has 4 fully saturated rings. The highest BCUT2D eigenvalue weighted by atomic mass is 33.5. The highest BCUT2D eigenvalue weighted by Crippen LogP contribution is 2.44. The van der Waals surface area contributed by atoms with Crippen LogP contribution in [0.2, 0.25) is 0 Å². The van der Waals surface area contributed by atoms with E-state index in [1.165, 1.54) is 95.7 Å². The number of hydroxylamine groups is 1. The molecule has 1 aromatic carbocycles. The van der Waals surface area contributed by atoms with E-state index in [0.29, 0.717) is 0 Å². The Bertz CT molecular complexity index is 2820. The lowest BCUT2D eigenvalue weighted by Crippen LogP contribution is -2.65. The molecule has 0 aromatic heterocycles. The van der Waals surface area contributed by atoms with Gasteiger partial charge in [0.1, 0.15) is 18.3 Å². The second-order valence-electron chi connectivity index (χ2n) is 20.4. The molecule has 0 radical (unpaired) electrons. The Morgan fingerprint density at radius 3 is 2.22 bits per heavy atom. The first-order chi connectivity index (χ1) is 41.7. The first-order valence-corrected chi connectivity index (χ1v) is 32.9. The number of alkyl carbamates (subject to hydrolysis) is 1. The van der Waals surface area contributed by atoms with Crippen LogP contribution in [-0.4, -0.2) is 227 Å². The fourth-order valence-corrected chi connectivity index (χ4v) is 13.8. The van der Waals surface area contributed by atoms with Gasteiger partial charge in [-0.05, 0) is 62.3 Å². The van der Waals surface area contributed by atoms with Crippen LogP contribution in [0.4, 0.5) is 10.5 Å². The summed E-state index contributed by atoms with van der Waals surface area (Å²) in [5.41, 5.74) is -0.858. The molecule has 2 amide bonds. The molecular formula is C57H76N4O22S4. The number of aliphatic hydroxyl groups is 4. The van der Waals surface area contributed by atoms with Crippen molar-refractivity contribution in [2.45, 2.75) is 155 Å². The zero-order chi connectivity index (χ0) is 63.3. The first kappa shape index (κ1) is 69.8. The van der Waals surface area contributed by atoms with Crippen LogP contribution in [-0.2, 0) is 66.5 Å². The summed E-state index contributed by atoms with van der Waals surface area (Å²) in [4.78, 5) is 61.9. The predicted molar refractivity (Wildman–Crippen MR) is 321 cm³/mol. The van der Waals surface area contributed by atoms with Crippen molar-refractivity contribution in [2.75, 3.05) is 72.8 Å². The van der Waals surface area contributed by atoms with Crippen molar-refractivity contribution in [1.29, 1.82) is 0 Å². The average molecular weight is 1300 g/mol. The van der Waals surface area contributed by atoms with Gasteiger partial charge in [-0.15, -0.1) is 0 Å². The van der Waals surface area contributed by atoms with E-state index in [-0.39, 0.29) is 82.3 Å². The third-order valence-corrected chi connectivity index (χ3v) is 20.0. The van der Waals surface area contributed by atoms with Gasteiger partial charge in [-0.1, -0.05) is 57.9 Å². The predicted octanol–water partition coefficient (Wildman–Crippen LogP) is 2.64. The number of nitrogens with one attached hydrogen (secondary N) is 4. The number of rotatable bonds is 24. The molecule has 26 nitrogen and oxygen atoms in total. The lowest BCUT2D eigenvalue weighted by Gasteiger charge is -2.47. The molecule has 4 saturated heterocycles. The number of methoxy groups -OCH3 is 5. The quantitative estimate of drug-likeness (QED) is 0.0140.